The number of carbonyl (C=O) groups excluding carboxylic acids is 3. The van der Waals surface area contributed by atoms with Crippen molar-refractivity contribution in [2.45, 2.75) is 13.3 Å². The van der Waals surface area contributed by atoms with Gasteiger partial charge in [-0.05, 0) is 31.2 Å². The number of ketones is 1. The predicted octanol–water partition coefficient (Wildman–Crippen LogP) is 1.24. The van der Waals surface area contributed by atoms with Gasteiger partial charge in [-0.15, -0.1) is 0 Å². The number of nitrogens with zero attached hydrogens (tertiary/aromatic N) is 1. The number of benzene rings is 1. The van der Waals surface area contributed by atoms with E-state index in [2.05, 4.69) is 10.6 Å². The van der Waals surface area contributed by atoms with Gasteiger partial charge in [0.25, 0.3) is 0 Å². The first-order valence-electron chi connectivity index (χ1n) is 6.50. The van der Waals surface area contributed by atoms with Crippen molar-refractivity contribution in [2.75, 3.05) is 25.0 Å². The average molecular weight is 275 g/mol. The number of carbonyl (C=O) groups is 3. The van der Waals surface area contributed by atoms with Gasteiger partial charge < -0.3 is 15.5 Å². The molecule has 6 nitrogen and oxygen atoms in total. The zero-order valence-electron chi connectivity index (χ0n) is 11.3. The summed E-state index contributed by atoms with van der Waals surface area (Å²) in [6.07, 6.45) is 0.316. The van der Waals surface area contributed by atoms with Gasteiger partial charge in [0.05, 0.1) is 0 Å². The van der Waals surface area contributed by atoms with E-state index in [1.54, 1.807) is 29.2 Å². The first-order chi connectivity index (χ1) is 9.56. The number of hydrogen-bond acceptors (Lipinski definition) is 3. The Morgan fingerprint density at radius 2 is 1.90 bits per heavy atom. The summed E-state index contributed by atoms with van der Waals surface area (Å²) in [7, 11) is 0. The first kappa shape index (κ1) is 14.0. The van der Waals surface area contributed by atoms with Crippen LogP contribution in [0.1, 0.15) is 23.7 Å². The molecule has 1 aliphatic heterocycles. The predicted molar refractivity (Wildman–Crippen MR) is 74.7 cm³/mol. The number of rotatable bonds is 2. The van der Waals surface area contributed by atoms with E-state index in [4.69, 9.17) is 0 Å². The number of nitrogens with one attached hydrogen (secondary N) is 2. The molecule has 20 heavy (non-hydrogen) atoms. The molecule has 1 saturated heterocycles. The zero-order chi connectivity index (χ0) is 14.5. The quantitative estimate of drug-likeness (QED) is 0.797. The smallest absolute Gasteiger partial charge is 0.321 e. The van der Waals surface area contributed by atoms with Crippen LogP contribution in [0.4, 0.5) is 10.5 Å². The molecular weight excluding hydrogens is 258 g/mol. The van der Waals surface area contributed by atoms with Crippen molar-refractivity contribution >= 4 is 23.4 Å². The molecule has 0 saturated carbocycles. The molecule has 6 heteroatoms. The summed E-state index contributed by atoms with van der Waals surface area (Å²) in [5.41, 5.74) is 1.23. The molecule has 3 amide bonds. The minimum Gasteiger partial charge on any atom is -0.354 e. The van der Waals surface area contributed by atoms with Gasteiger partial charge >= 0.3 is 6.03 Å². The van der Waals surface area contributed by atoms with Crippen molar-refractivity contribution in [3.8, 4) is 0 Å². The Morgan fingerprint density at radius 1 is 1.20 bits per heavy atom. The molecule has 0 unspecified atom stereocenters. The van der Waals surface area contributed by atoms with Crippen molar-refractivity contribution in [3.63, 3.8) is 0 Å². The van der Waals surface area contributed by atoms with Crippen LogP contribution in [-0.2, 0) is 4.79 Å². The van der Waals surface area contributed by atoms with E-state index in [1.807, 2.05) is 0 Å². The maximum absolute atomic E-state index is 12.1. The Bertz CT molecular complexity index is 525. The van der Waals surface area contributed by atoms with E-state index in [-0.39, 0.29) is 17.7 Å². The van der Waals surface area contributed by atoms with Crippen LogP contribution in [0.25, 0.3) is 0 Å². The highest BCUT2D eigenvalue weighted by molar-refractivity contribution is 5.95. The van der Waals surface area contributed by atoms with Crippen LogP contribution in [0.5, 0.6) is 0 Å². The second-order valence-electron chi connectivity index (χ2n) is 4.65. The average Bonchev–Trinajstić information content (AvgIpc) is 2.64. The molecule has 0 bridgehead atoms. The summed E-state index contributed by atoms with van der Waals surface area (Å²) in [4.78, 5) is 36.0. The summed E-state index contributed by atoms with van der Waals surface area (Å²) < 4.78 is 0. The summed E-state index contributed by atoms with van der Waals surface area (Å²) >= 11 is 0. The first-order valence-corrected chi connectivity index (χ1v) is 6.50. The fraction of sp³-hybridized carbons (Fsp3) is 0.357. The number of urea groups is 1. The molecule has 106 valence electrons. The molecule has 2 N–H and O–H groups in total. The molecule has 0 spiro atoms. The van der Waals surface area contributed by atoms with Crippen LogP contribution in [0.2, 0.25) is 0 Å². The van der Waals surface area contributed by atoms with E-state index in [1.165, 1.54) is 6.92 Å². The third-order valence-electron chi connectivity index (χ3n) is 3.14. The Balaban J connectivity index is 1.96. The molecule has 0 radical (unpaired) electrons. The van der Waals surface area contributed by atoms with Gasteiger partial charge in [0.1, 0.15) is 0 Å². The number of hydrogen-bond donors (Lipinski definition) is 2. The topological polar surface area (TPSA) is 78.5 Å². The van der Waals surface area contributed by atoms with E-state index >= 15 is 0 Å². The van der Waals surface area contributed by atoms with Gasteiger partial charge in [-0.1, -0.05) is 0 Å². The fourth-order valence-corrected chi connectivity index (χ4v) is 1.96. The van der Waals surface area contributed by atoms with Crippen LogP contribution in [0.3, 0.4) is 0 Å². The molecule has 2 rings (SSSR count). The third kappa shape index (κ3) is 3.57. The van der Waals surface area contributed by atoms with Gasteiger partial charge in [0, 0.05) is 37.3 Å². The van der Waals surface area contributed by atoms with E-state index in [0.29, 0.717) is 37.3 Å². The molecule has 0 atom stereocenters. The number of anilines is 1. The minimum atomic E-state index is -0.239. The zero-order valence-corrected chi connectivity index (χ0v) is 11.3. The molecule has 1 aliphatic rings. The molecule has 0 aromatic heterocycles. The van der Waals surface area contributed by atoms with Crippen molar-refractivity contribution in [1.29, 1.82) is 0 Å². The van der Waals surface area contributed by atoms with E-state index in [9.17, 15) is 14.4 Å². The van der Waals surface area contributed by atoms with Gasteiger partial charge in [0.15, 0.2) is 5.78 Å². The Labute approximate surface area is 117 Å². The van der Waals surface area contributed by atoms with Crippen molar-refractivity contribution in [3.05, 3.63) is 29.8 Å². The van der Waals surface area contributed by atoms with Crippen molar-refractivity contribution < 1.29 is 14.4 Å². The highest BCUT2D eigenvalue weighted by Crippen LogP contribution is 2.11. The summed E-state index contributed by atoms with van der Waals surface area (Å²) in [5, 5.41) is 5.47. The van der Waals surface area contributed by atoms with Crippen molar-refractivity contribution in [2.24, 2.45) is 0 Å². The molecular formula is C14H17N3O3. The van der Waals surface area contributed by atoms with E-state index < -0.39 is 0 Å². The highest BCUT2D eigenvalue weighted by atomic mass is 16.2. The molecule has 0 aliphatic carbocycles. The second kappa shape index (κ2) is 6.18. The van der Waals surface area contributed by atoms with Crippen LogP contribution >= 0.6 is 0 Å². The SMILES string of the molecule is CC(=O)c1ccc(NC(=O)N2CCNC(=O)CC2)cc1. The van der Waals surface area contributed by atoms with Crippen LogP contribution < -0.4 is 10.6 Å². The Morgan fingerprint density at radius 3 is 2.55 bits per heavy atom. The normalized spacial score (nSPS) is 15.2. The van der Waals surface area contributed by atoms with Gasteiger partial charge in [-0.3, -0.25) is 9.59 Å². The third-order valence-corrected chi connectivity index (χ3v) is 3.14. The number of amides is 3. The maximum atomic E-state index is 12.1. The number of Topliss-reactive ketones (excluding diaryl/α,β-unsaturated/α-hetero) is 1. The Hall–Kier alpha value is -2.37. The maximum Gasteiger partial charge on any atom is 0.321 e. The lowest BCUT2D eigenvalue weighted by atomic mass is 10.1. The monoisotopic (exact) mass is 275 g/mol. The minimum absolute atomic E-state index is 0.0139. The standard InChI is InChI=1S/C14H17N3O3/c1-10(18)11-2-4-12(5-3-11)16-14(20)17-8-6-13(19)15-7-9-17/h2-5H,6-9H2,1H3,(H,15,19)(H,16,20). The second-order valence-corrected chi connectivity index (χ2v) is 4.65. The highest BCUT2D eigenvalue weighted by Gasteiger charge is 2.18. The molecule has 1 fully saturated rings. The lowest BCUT2D eigenvalue weighted by Gasteiger charge is -2.20. The summed E-state index contributed by atoms with van der Waals surface area (Å²) in [6, 6.07) is 6.49. The lowest BCUT2D eigenvalue weighted by molar-refractivity contribution is -0.120. The van der Waals surface area contributed by atoms with E-state index in [0.717, 1.165) is 0 Å². The molecule has 1 aromatic rings. The largest absolute Gasteiger partial charge is 0.354 e. The molecule has 1 heterocycles. The Kier molecular flexibility index (Phi) is 4.34. The van der Waals surface area contributed by atoms with Gasteiger partial charge in [-0.2, -0.15) is 0 Å². The van der Waals surface area contributed by atoms with Crippen LogP contribution in [-0.4, -0.2) is 42.3 Å². The molecule has 1 aromatic carbocycles. The fourth-order valence-electron chi connectivity index (χ4n) is 1.96. The van der Waals surface area contributed by atoms with Crippen LogP contribution in [0.15, 0.2) is 24.3 Å². The summed E-state index contributed by atoms with van der Waals surface area (Å²) in [5.74, 6) is -0.0499. The van der Waals surface area contributed by atoms with Gasteiger partial charge in [-0.25, -0.2) is 4.79 Å². The van der Waals surface area contributed by atoms with Gasteiger partial charge in [0.2, 0.25) is 5.91 Å². The summed E-state index contributed by atoms with van der Waals surface area (Å²) in [6.45, 7) is 2.86. The van der Waals surface area contributed by atoms with Crippen molar-refractivity contribution in [1.82, 2.24) is 10.2 Å². The van der Waals surface area contributed by atoms with Crippen LogP contribution in [0, 0.1) is 0 Å². The lowest BCUT2D eigenvalue weighted by Crippen LogP contribution is -2.37.